The van der Waals surface area contributed by atoms with Crippen LogP contribution >= 0.6 is 38.8 Å². The predicted molar refractivity (Wildman–Crippen MR) is 59.3 cm³/mol. The van der Waals surface area contributed by atoms with Crippen LogP contribution in [0.3, 0.4) is 0 Å². The van der Waals surface area contributed by atoms with Gasteiger partial charge < -0.3 is 5.32 Å². The highest BCUT2D eigenvalue weighted by Gasteiger charge is 1.98. The van der Waals surface area contributed by atoms with Crippen molar-refractivity contribution in [1.29, 1.82) is 0 Å². The molecule has 0 amide bonds. The first-order chi connectivity index (χ1) is 6.34. The van der Waals surface area contributed by atoms with Crippen LogP contribution in [-0.2, 0) is 6.54 Å². The number of thiophene rings is 1. The summed E-state index contributed by atoms with van der Waals surface area (Å²) in [7, 11) is 0. The van der Waals surface area contributed by atoms with E-state index in [1.165, 1.54) is 17.1 Å². The van der Waals surface area contributed by atoms with Crippen molar-refractivity contribution in [2.24, 2.45) is 0 Å². The molecule has 0 aliphatic rings. The van der Waals surface area contributed by atoms with Crippen LogP contribution in [0.4, 0.5) is 5.00 Å². The molecule has 2 rings (SSSR count). The quantitative estimate of drug-likeness (QED) is 0.936. The molecule has 68 valence electrons. The fraction of sp³-hybridized carbons (Fsp3) is 0.143. The zero-order chi connectivity index (χ0) is 9.10. The minimum Gasteiger partial charge on any atom is -0.370 e. The van der Waals surface area contributed by atoms with Crippen LogP contribution in [-0.4, -0.2) is 9.59 Å². The molecular formula is C7H6BrN3S2. The number of anilines is 1. The Bertz CT molecular complexity index is 371. The van der Waals surface area contributed by atoms with Crippen LogP contribution in [0.2, 0.25) is 0 Å². The third-order valence-corrected chi connectivity index (χ3v) is 3.63. The number of hydrogen-bond donors (Lipinski definition) is 1. The Balaban J connectivity index is 1.93. The summed E-state index contributed by atoms with van der Waals surface area (Å²) in [5.41, 5.74) is 1.27. The summed E-state index contributed by atoms with van der Waals surface area (Å²) in [6, 6.07) is 2.10. The lowest BCUT2D eigenvalue weighted by Gasteiger charge is -1.97. The van der Waals surface area contributed by atoms with Gasteiger partial charge in [-0.15, -0.1) is 16.4 Å². The molecule has 1 N–H and O–H groups in total. The molecule has 2 heterocycles. The number of nitrogens with one attached hydrogen (secondary N) is 1. The van der Waals surface area contributed by atoms with Crippen molar-refractivity contribution < 1.29 is 0 Å². The van der Waals surface area contributed by atoms with Gasteiger partial charge in [0.1, 0.15) is 5.00 Å². The molecule has 0 atom stereocenters. The molecule has 0 spiro atoms. The Kier molecular flexibility index (Phi) is 2.92. The Morgan fingerprint density at radius 2 is 2.46 bits per heavy atom. The van der Waals surface area contributed by atoms with Crippen LogP contribution in [0.5, 0.6) is 0 Å². The molecule has 0 fully saturated rings. The molecule has 0 aliphatic heterocycles. The van der Waals surface area contributed by atoms with Crippen LogP contribution in [0.25, 0.3) is 0 Å². The molecule has 0 radical (unpaired) electrons. The maximum Gasteiger partial charge on any atom is 0.130 e. The summed E-state index contributed by atoms with van der Waals surface area (Å²) < 4.78 is 4.92. The summed E-state index contributed by atoms with van der Waals surface area (Å²) in [6.07, 6.45) is 1.73. The maximum absolute atomic E-state index is 3.76. The van der Waals surface area contributed by atoms with Crippen molar-refractivity contribution in [3.63, 3.8) is 0 Å². The molecular weight excluding hydrogens is 270 g/mol. The van der Waals surface area contributed by atoms with E-state index in [0.29, 0.717) is 0 Å². The van der Waals surface area contributed by atoms with E-state index in [1.807, 2.05) is 0 Å². The van der Waals surface area contributed by atoms with Gasteiger partial charge >= 0.3 is 0 Å². The summed E-state index contributed by atoms with van der Waals surface area (Å²) in [5, 5.41) is 10.1. The van der Waals surface area contributed by atoms with Gasteiger partial charge in [-0.1, -0.05) is 4.49 Å². The number of hydrogen-bond acceptors (Lipinski definition) is 5. The SMILES string of the molecule is Brc1cc(CNc2cnns2)cs1. The third-order valence-electron chi connectivity index (χ3n) is 1.45. The van der Waals surface area contributed by atoms with Gasteiger partial charge in [-0.2, -0.15) is 0 Å². The third kappa shape index (κ3) is 2.49. The largest absolute Gasteiger partial charge is 0.370 e. The summed E-state index contributed by atoms with van der Waals surface area (Å²) in [6.45, 7) is 0.825. The highest BCUT2D eigenvalue weighted by molar-refractivity contribution is 9.11. The van der Waals surface area contributed by atoms with Gasteiger partial charge in [0.15, 0.2) is 0 Å². The van der Waals surface area contributed by atoms with Gasteiger partial charge in [0.2, 0.25) is 0 Å². The molecule has 0 aliphatic carbocycles. The van der Waals surface area contributed by atoms with Crippen molar-refractivity contribution in [1.82, 2.24) is 9.59 Å². The van der Waals surface area contributed by atoms with E-state index in [2.05, 4.69) is 42.3 Å². The van der Waals surface area contributed by atoms with Gasteiger partial charge in [0, 0.05) is 18.1 Å². The van der Waals surface area contributed by atoms with Crippen molar-refractivity contribution >= 4 is 43.8 Å². The molecule has 0 unspecified atom stereocenters. The number of aromatic nitrogens is 2. The lowest BCUT2D eigenvalue weighted by atomic mass is 10.3. The molecule has 6 heteroatoms. The van der Waals surface area contributed by atoms with Crippen LogP contribution in [0.1, 0.15) is 5.56 Å². The van der Waals surface area contributed by atoms with E-state index >= 15 is 0 Å². The predicted octanol–water partition coefficient (Wildman–Crippen LogP) is 2.97. The van der Waals surface area contributed by atoms with Crippen LogP contribution in [0, 0.1) is 0 Å². The molecule has 0 aromatic carbocycles. The van der Waals surface area contributed by atoms with Crippen LogP contribution in [0.15, 0.2) is 21.4 Å². The normalized spacial score (nSPS) is 10.2. The maximum atomic E-state index is 3.76. The van der Waals surface area contributed by atoms with E-state index in [4.69, 9.17) is 0 Å². The second kappa shape index (κ2) is 4.17. The van der Waals surface area contributed by atoms with Crippen molar-refractivity contribution in [3.8, 4) is 0 Å². The number of nitrogens with zero attached hydrogens (tertiary/aromatic N) is 2. The van der Waals surface area contributed by atoms with E-state index in [1.54, 1.807) is 17.5 Å². The second-order valence-electron chi connectivity index (χ2n) is 2.39. The fourth-order valence-electron chi connectivity index (χ4n) is 0.873. The minimum atomic E-state index is 0.825. The Morgan fingerprint density at radius 3 is 3.08 bits per heavy atom. The van der Waals surface area contributed by atoms with Gasteiger partial charge in [-0.05, 0) is 32.9 Å². The van der Waals surface area contributed by atoms with E-state index in [-0.39, 0.29) is 0 Å². The minimum absolute atomic E-state index is 0.825. The second-order valence-corrected chi connectivity index (χ2v) is 5.47. The fourth-order valence-corrected chi connectivity index (χ4v) is 2.50. The first kappa shape index (κ1) is 9.11. The lowest BCUT2D eigenvalue weighted by Crippen LogP contribution is -1.95. The smallest absolute Gasteiger partial charge is 0.130 e. The molecule has 2 aromatic heterocycles. The molecule has 3 nitrogen and oxygen atoms in total. The van der Waals surface area contributed by atoms with Crippen molar-refractivity contribution in [3.05, 3.63) is 27.0 Å². The summed E-state index contributed by atoms with van der Waals surface area (Å²) >= 11 is 6.48. The Hall–Kier alpha value is -0.460. The van der Waals surface area contributed by atoms with Crippen molar-refractivity contribution in [2.45, 2.75) is 6.54 Å². The molecule has 13 heavy (non-hydrogen) atoms. The standard InChI is InChI=1S/C7H6BrN3S2/c8-6-1-5(4-12-6)2-9-7-3-10-11-13-7/h1,3-4,9H,2H2. The summed E-state index contributed by atoms with van der Waals surface area (Å²) in [4.78, 5) is 0. The Labute approximate surface area is 92.1 Å². The zero-order valence-corrected chi connectivity index (χ0v) is 9.75. The number of halogens is 1. The highest BCUT2D eigenvalue weighted by atomic mass is 79.9. The molecule has 2 aromatic rings. The molecule has 0 saturated carbocycles. The number of rotatable bonds is 3. The van der Waals surface area contributed by atoms with Gasteiger partial charge in [0.05, 0.1) is 9.98 Å². The zero-order valence-electron chi connectivity index (χ0n) is 6.53. The van der Waals surface area contributed by atoms with Gasteiger partial charge in [-0.3, -0.25) is 0 Å². The van der Waals surface area contributed by atoms with E-state index < -0.39 is 0 Å². The van der Waals surface area contributed by atoms with E-state index in [0.717, 1.165) is 15.3 Å². The molecule has 0 bridgehead atoms. The highest BCUT2D eigenvalue weighted by Crippen LogP contribution is 2.21. The van der Waals surface area contributed by atoms with Gasteiger partial charge in [0.25, 0.3) is 0 Å². The first-order valence-corrected chi connectivity index (χ1v) is 6.03. The van der Waals surface area contributed by atoms with E-state index in [9.17, 15) is 0 Å². The average molecular weight is 276 g/mol. The summed E-state index contributed by atoms with van der Waals surface area (Å²) in [5.74, 6) is 0. The average Bonchev–Trinajstić information content (AvgIpc) is 2.71. The first-order valence-electron chi connectivity index (χ1n) is 3.59. The molecule has 0 saturated heterocycles. The Morgan fingerprint density at radius 1 is 1.54 bits per heavy atom. The van der Waals surface area contributed by atoms with Crippen LogP contribution < -0.4 is 5.32 Å². The topological polar surface area (TPSA) is 37.8 Å². The monoisotopic (exact) mass is 275 g/mol. The van der Waals surface area contributed by atoms with Gasteiger partial charge in [-0.25, -0.2) is 0 Å². The lowest BCUT2D eigenvalue weighted by molar-refractivity contribution is 1.14. The van der Waals surface area contributed by atoms with Crippen molar-refractivity contribution in [2.75, 3.05) is 5.32 Å².